The van der Waals surface area contributed by atoms with Crippen LogP contribution < -0.4 is 0 Å². The van der Waals surface area contributed by atoms with Gasteiger partial charge in [-0.05, 0) is 50.0 Å². The van der Waals surface area contributed by atoms with E-state index in [1.54, 1.807) is 6.26 Å². The summed E-state index contributed by atoms with van der Waals surface area (Å²) in [6.45, 7) is 10.2. The Hall–Kier alpha value is -1.58. The summed E-state index contributed by atoms with van der Waals surface area (Å²) in [7, 11) is 0. The van der Waals surface area contributed by atoms with Crippen molar-refractivity contribution in [3.63, 3.8) is 0 Å². The molecular weight excluding hydrogens is 304 g/mol. The third kappa shape index (κ3) is 2.34. The molecule has 2 aliphatic rings. The summed E-state index contributed by atoms with van der Waals surface area (Å²) in [6.07, 6.45) is 5.26. The van der Waals surface area contributed by atoms with Gasteiger partial charge >= 0.3 is 5.97 Å². The molecule has 0 aliphatic heterocycles. The fourth-order valence-electron chi connectivity index (χ4n) is 4.56. The Morgan fingerprint density at radius 2 is 2.17 bits per heavy atom. The Bertz CT molecular complexity index is 671. The zero-order chi connectivity index (χ0) is 17.7. The average Bonchev–Trinajstić information content (AvgIpc) is 2.83. The number of esters is 1. The van der Waals surface area contributed by atoms with Crippen LogP contribution in [0, 0.1) is 24.2 Å². The van der Waals surface area contributed by atoms with Gasteiger partial charge in [0.25, 0.3) is 0 Å². The topological polar surface area (TPSA) is 56.5 Å². The lowest BCUT2D eigenvalue weighted by molar-refractivity contribution is -0.181. The number of fused-ring (bicyclic) bond motifs is 2. The van der Waals surface area contributed by atoms with Gasteiger partial charge in [-0.15, -0.1) is 0 Å². The minimum atomic E-state index is -1.08. The maximum absolute atomic E-state index is 13.4. The average molecular weight is 332 g/mol. The van der Waals surface area contributed by atoms with Crippen LogP contribution in [0.2, 0.25) is 0 Å². The lowest BCUT2D eigenvalue weighted by Crippen LogP contribution is -2.63. The third-order valence-electron chi connectivity index (χ3n) is 6.26. The predicted molar refractivity (Wildman–Crippen MR) is 90.9 cm³/mol. The van der Waals surface area contributed by atoms with E-state index < -0.39 is 5.60 Å². The number of hydrogen-bond acceptors (Lipinski definition) is 4. The van der Waals surface area contributed by atoms with E-state index in [4.69, 9.17) is 9.15 Å². The summed E-state index contributed by atoms with van der Waals surface area (Å²) in [4.78, 5) is 25.9. The minimum Gasteiger partial charge on any atom is -0.460 e. The summed E-state index contributed by atoms with van der Waals surface area (Å²) in [5, 5.41) is 0. The molecule has 24 heavy (non-hydrogen) atoms. The largest absolute Gasteiger partial charge is 0.460 e. The first-order chi connectivity index (χ1) is 11.2. The molecule has 4 heteroatoms. The molecule has 132 valence electrons. The molecule has 0 amide bonds. The molecule has 0 saturated heterocycles. The van der Waals surface area contributed by atoms with E-state index in [9.17, 15) is 9.59 Å². The van der Waals surface area contributed by atoms with Gasteiger partial charge in [0.1, 0.15) is 0 Å². The Morgan fingerprint density at radius 3 is 2.83 bits per heavy atom. The summed E-state index contributed by atoms with van der Waals surface area (Å²) < 4.78 is 11.6. The number of carbonyl (C=O) groups excluding carboxylic acids is 2. The van der Waals surface area contributed by atoms with Crippen LogP contribution in [0.4, 0.5) is 0 Å². The summed E-state index contributed by atoms with van der Waals surface area (Å²) in [5.41, 5.74) is 0.552. The van der Waals surface area contributed by atoms with Crippen molar-refractivity contribution in [3.05, 3.63) is 23.2 Å². The van der Waals surface area contributed by atoms with Crippen LogP contribution in [-0.4, -0.2) is 17.4 Å². The number of hydrogen-bond donors (Lipinski definition) is 0. The van der Waals surface area contributed by atoms with Crippen molar-refractivity contribution < 1.29 is 18.7 Å². The maximum atomic E-state index is 13.4. The molecule has 0 radical (unpaired) electrons. The second-order valence-electron chi connectivity index (χ2n) is 8.34. The predicted octanol–water partition coefficient (Wildman–Crippen LogP) is 4.48. The maximum Gasteiger partial charge on any atom is 0.307 e. The zero-order valence-electron chi connectivity index (χ0n) is 15.4. The number of Topliss-reactive ketones (excluding diaryl/α,β-unsaturated/α-hetero) is 1. The highest BCUT2D eigenvalue weighted by Gasteiger charge is 2.64. The van der Waals surface area contributed by atoms with Gasteiger partial charge in [-0.3, -0.25) is 9.59 Å². The molecule has 0 aromatic carbocycles. The molecule has 0 N–H and O–H groups in total. The van der Waals surface area contributed by atoms with Gasteiger partial charge in [-0.1, -0.05) is 27.7 Å². The number of carbonyl (C=O) groups is 2. The Kier molecular flexibility index (Phi) is 4.13. The van der Waals surface area contributed by atoms with Crippen molar-refractivity contribution in [2.24, 2.45) is 17.3 Å². The molecule has 4 nitrogen and oxygen atoms in total. The van der Waals surface area contributed by atoms with Crippen molar-refractivity contribution in [1.29, 1.82) is 0 Å². The van der Waals surface area contributed by atoms with Gasteiger partial charge in [0, 0.05) is 17.4 Å². The molecule has 1 aromatic rings. The van der Waals surface area contributed by atoms with E-state index in [2.05, 4.69) is 13.8 Å². The van der Waals surface area contributed by atoms with Crippen LogP contribution in [0.1, 0.15) is 75.1 Å². The van der Waals surface area contributed by atoms with E-state index in [1.165, 1.54) is 0 Å². The van der Waals surface area contributed by atoms with Crippen LogP contribution in [0.3, 0.4) is 0 Å². The van der Waals surface area contributed by atoms with Gasteiger partial charge in [0.15, 0.2) is 11.4 Å². The summed E-state index contributed by atoms with van der Waals surface area (Å²) >= 11 is 0. The van der Waals surface area contributed by atoms with Crippen molar-refractivity contribution in [1.82, 2.24) is 0 Å². The molecule has 0 unspecified atom stereocenters. The second-order valence-corrected chi connectivity index (χ2v) is 8.34. The van der Waals surface area contributed by atoms with Crippen LogP contribution >= 0.6 is 0 Å². The van der Waals surface area contributed by atoms with E-state index in [0.29, 0.717) is 24.5 Å². The number of aryl methyl sites for hydroxylation is 1. The lowest BCUT2D eigenvalue weighted by atomic mass is 9.52. The molecule has 1 aromatic heterocycles. The van der Waals surface area contributed by atoms with E-state index in [-0.39, 0.29) is 23.1 Å². The lowest BCUT2D eigenvalue weighted by Gasteiger charge is -2.55. The zero-order valence-corrected chi connectivity index (χ0v) is 15.4. The highest BCUT2D eigenvalue weighted by Crippen LogP contribution is 2.56. The standard InChI is InChI=1S/C20H28O4/c1-12(2)9-16(21)24-20-8-6-7-14(4)19(20,5)10-15-13(3)11-23-17(15)18(20)22/h11-12,14H,6-10H2,1-5H3/t14-,19+,20-/m0/s1. The van der Waals surface area contributed by atoms with Gasteiger partial charge in [-0.2, -0.15) is 0 Å². The minimum absolute atomic E-state index is 0.136. The van der Waals surface area contributed by atoms with E-state index in [1.807, 2.05) is 20.8 Å². The monoisotopic (exact) mass is 332 g/mol. The molecule has 1 fully saturated rings. The fraction of sp³-hybridized carbons (Fsp3) is 0.700. The Labute approximate surface area is 143 Å². The number of rotatable bonds is 3. The van der Waals surface area contributed by atoms with E-state index >= 15 is 0 Å². The van der Waals surface area contributed by atoms with Gasteiger partial charge < -0.3 is 9.15 Å². The number of ether oxygens (including phenoxy) is 1. The van der Waals surface area contributed by atoms with Crippen molar-refractivity contribution in [2.45, 2.75) is 72.3 Å². The van der Waals surface area contributed by atoms with Gasteiger partial charge in [0.05, 0.1) is 6.26 Å². The first kappa shape index (κ1) is 17.2. The number of ketones is 1. The molecule has 3 atom stereocenters. The normalized spacial score (nSPS) is 32.4. The highest BCUT2D eigenvalue weighted by molar-refractivity contribution is 6.04. The van der Waals surface area contributed by atoms with Gasteiger partial charge in [0.2, 0.25) is 5.78 Å². The van der Waals surface area contributed by atoms with Gasteiger partial charge in [-0.25, -0.2) is 0 Å². The molecule has 0 bridgehead atoms. The van der Waals surface area contributed by atoms with Crippen LogP contribution in [0.25, 0.3) is 0 Å². The van der Waals surface area contributed by atoms with Crippen LogP contribution in [0.15, 0.2) is 10.7 Å². The summed E-state index contributed by atoms with van der Waals surface area (Å²) in [5.74, 6) is 0.510. The number of furan rings is 1. The molecule has 2 aliphatic carbocycles. The Balaban J connectivity index is 2.08. The molecule has 1 saturated carbocycles. The van der Waals surface area contributed by atoms with E-state index in [0.717, 1.165) is 30.4 Å². The summed E-state index contributed by atoms with van der Waals surface area (Å²) in [6, 6.07) is 0. The fourth-order valence-corrected chi connectivity index (χ4v) is 4.56. The highest BCUT2D eigenvalue weighted by atomic mass is 16.6. The van der Waals surface area contributed by atoms with Crippen molar-refractivity contribution in [3.8, 4) is 0 Å². The molecule has 3 rings (SSSR count). The second kappa shape index (κ2) is 5.75. The smallest absolute Gasteiger partial charge is 0.307 e. The first-order valence-electron chi connectivity index (χ1n) is 9.05. The first-order valence-corrected chi connectivity index (χ1v) is 9.05. The van der Waals surface area contributed by atoms with Crippen molar-refractivity contribution in [2.75, 3.05) is 0 Å². The van der Waals surface area contributed by atoms with Crippen LogP contribution in [-0.2, 0) is 16.0 Å². The third-order valence-corrected chi connectivity index (χ3v) is 6.26. The Morgan fingerprint density at radius 1 is 1.46 bits per heavy atom. The molecule has 0 spiro atoms. The quantitative estimate of drug-likeness (QED) is 0.766. The SMILES string of the molecule is Cc1coc2c1C[C@]1(C)[C@@H](C)CCC[C@]1(OC(=O)CC(C)C)C2=O. The molecular formula is C20H28O4. The van der Waals surface area contributed by atoms with Crippen molar-refractivity contribution >= 4 is 11.8 Å². The van der Waals surface area contributed by atoms with Crippen LogP contribution in [0.5, 0.6) is 0 Å². The molecule has 1 heterocycles.